The topological polar surface area (TPSA) is 122 Å². The summed E-state index contributed by atoms with van der Waals surface area (Å²) in [5.74, 6) is -1.77. The molecule has 2 rings (SSSR count). The molecule has 0 aliphatic rings. The molecule has 2 aromatic rings. The van der Waals surface area contributed by atoms with Gasteiger partial charge in [0.25, 0.3) is 0 Å². The first-order valence-corrected chi connectivity index (χ1v) is 6.01. The fourth-order valence-electron chi connectivity index (χ4n) is 1.67. The van der Waals surface area contributed by atoms with E-state index in [0.29, 0.717) is 5.76 Å². The number of ether oxygens (including phenoxy) is 2. The minimum Gasteiger partial charge on any atom is -0.465 e. The summed E-state index contributed by atoms with van der Waals surface area (Å²) >= 11 is 0. The molecule has 0 aliphatic carbocycles. The van der Waals surface area contributed by atoms with Gasteiger partial charge in [0.05, 0.1) is 13.2 Å². The van der Waals surface area contributed by atoms with Crippen LogP contribution in [0.1, 0.15) is 32.4 Å². The van der Waals surface area contributed by atoms with Crippen molar-refractivity contribution in [3.63, 3.8) is 0 Å². The van der Waals surface area contributed by atoms with Gasteiger partial charge in [0.1, 0.15) is 28.6 Å². The molecular formula is C13H11NO8. The van der Waals surface area contributed by atoms with Gasteiger partial charge in [-0.05, 0) is 19.1 Å². The number of furan rings is 2. The molecule has 0 fully saturated rings. The molecule has 0 atom stereocenters. The van der Waals surface area contributed by atoms with Crippen LogP contribution < -0.4 is 0 Å². The van der Waals surface area contributed by atoms with Crippen LogP contribution in [0.25, 0.3) is 0 Å². The number of hydrogen-bond acceptors (Lipinski definition) is 8. The van der Waals surface area contributed by atoms with Crippen LogP contribution in [0.15, 0.2) is 27.0 Å². The molecule has 0 radical (unpaired) electrons. The number of rotatable bonds is 5. The molecule has 0 aliphatic heterocycles. The van der Waals surface area contributed by atoms with Crippen LogP contribution in [-0.2, 0) is 16.1 Å². The molecule has 9 nitrogen and oxygen atoms in total. The third kappa shape index (κ3) is 3.14. The van der Waals surface area contributed by atoms with Crippen LogP contribution in [-0.4, -0.2) is 24.0 Å². The minimum absolute atomic E-state index is 0.224. The minimum atomic E-state index is -0.887. The summed E-state index contributed by atoms with van der Waals surface area (Å²) in [6, 6.07) is 3.57. The van der Waals surface area contributed by atoms with Crippen molar-refractivity contribution in [3.8, 4) is 0 Å². The molecular weight excluding hydrogens is 298 g/mol. The van der Waals surface area contributed by atoms with Crippen molar-refractivity contribution in [2.75, 3.05) is 7.11 Å². The molecule has 0 spiro atoms. The second kappa shape index (κ2) is 6.12. The number of nitro groups is 1. The van der Waals surface area contributed by atoms with Crippen molar-refractivity contribution < 1.29 is 32.8 Å². The molecule has 0 amide bonds. The summed E-state index contributed by atoms with van der Waals surface area (Å²) in [4.78, 5) is 32.7. The first-order chi connectivity index (χ1) is 10.4. The number of esters is 2. The third-order valence-corrected chi connectivity index (χ3v) is 2.69. The Morgan fingerprint density at radius 2 is 2.00 bits per heavy atom. The third-order valence-electron chi connectivity index (χ3n) is 2.69. The SMILES string of the molecule is COC(=O)c1cc(COC(=O)c2ccc([N+](=O)[O-])o2)oc1C. The highest BCUT2D eigenvalue weighted by atomic mass is 16.7. The number of methoxy groups -OCH3 is 1. The second-order valence-electron chi connectivity index (χ2n) is 4.15. The summed E-state index contributed by atoms with van der Waals surface area (Å²) in [5, 5.41) is 10.4. The van der Waals surface area contributed by atoms with E-state index in [4.69, 9.17) is 13.6 Å². The van der Waals surface area contributed by atoms with E-state index in [9.17, 15) is 19.7 Å². The van der Waals surface area contributed by atoms with Gasteiger partial charge in [-0.25, -0.2) is 9.59 Å². The normalized spacial score (nSPS) is 10.3. The molecule has 0 saturated heterocycles. The summed E-state index contributed by atoms with van der Waals surface area (Å²) in [5.41, 5.74) is 0.224. The Labute approximate surface area is 123 Å². The van der Waals surface area contributed by atoms with Gasteiger partial charge in [-0.1, -0.05) is 0 Å². The molecule has 22 heavy (non-hydrogen) atoms. The summed E-state index contributed by atoms with van der Waals surface area (Å²) < 4.78 is 19.4. The molecule has 116 valence electrons. The molecule has 0 N–H and O–H groups in total. The van der Waals surface area contributed by atoms with Gasteiger partial charge in [-0.3, -0.25) is 10.1 Å². The zero-order valence-electron chi connectivity index (χ0n) is 11.7. The van der Waals surface area contributed by atoms with E-state index in [1.807, 2.05) is 0 Å². The average molecular weight is 309 g/mol. The highest BCUT2D eigenvalue weighted by Crippen LogP contribution is 2.19. The van der Waals surface area contributed by atoms with E-state index in [-0.39, 0.29) is 23.7 Å². The van der Waals surface area contributed by atoms with Crippen LogP contribution >= 0.6 is 0 Å². The Balaban J connectivity index is 2.01. The lowest BCUT2D eigenvalue weighted by Gasteiger charge is -1.99. The van der Waals surface area contributed by atoms with Crippen LogP contribution in [0, 0.1) is 17.0 Å². The van der Waals surface area contributed by atoms with E-state index in [0.717, 1.165) is 12.1 Å². The lowest BCUT2D eigenvalue weighted by atomic mass is 10.2. The van der Waals surface area contributed by atoms with Crippen molar-refractivity contribution in [3.05, 3.63) is 51.2 Å². The Morgan fingerprint density at radius 3 is 2.59 bits per heavy atom. The smallest absolute Gasteiger partial charge is 0.433 e. The highest BCUT2D eigenvalue weighted by Gasteiger charge is 2.20. The fourth-order valence-corrected chi connectivity index (χ4v) is 1.67. The number of carbonyl (C=O) groups excluding carboxylic acids is 2. The van der Waals surface area contributed by atoms with Gasteiger partial charge in [0.2, 0.25) is 5.76 Å². The largest absolute Gasteiger partial charge is 0.465 e. The Hall–Kier alpha value is -3.10. The maximum atomic E-state index is 11.7. The van der Waals surface area contributed by atoms with E-state index < -0.39 is 22.7 Å². The van der Waals surface area contributed by atoms with Crippen molar-refractivity contribution in [2.24, 2.45) is 0 Å². The number of hydrogen-bond donors (Lipinski definition) is 0. The highest BCUT2D eigenvalue weighted by molar-refractivity contribution is 5.90. The lowest BCUT2D eigenvalue weighted by Crippen LogP contribution is -2.03. The molecule has 0 saturated carbocycles. The zero-order valence-corrected chi connectivity index (χ0v) is 11.7. The zero-order chi connectivity index (χ0) is 16.3. The summed E-state index contributed by atoms with van der Waals surface area (Å²) in [6.07, 6.45) is 0. The lowest BCUT2D eigenvalue weighted by molar-refractivity contribution is -0.402. The van der Waals surface area contributed by atoms with E-state index in [2.05, 4.69) is 4.74 Å². The Bertz CT molecular complexity index is 726. The first kappa shape index (κ1) is 15.3. The van der Waals surface area contributed by atoms with Crippen molar-refractivity contribution in [1.82, 2.24) is 0 Å². The predicted molar refractivity (Wildman–Crippen MR) is 69.3 cm³/mol. The van der Waals surface area contributed by atoms with Crippen molar-refractivity contribution >= 4 is 17.8 Å². The van der Waals surface area contributed by atoms with Crippen molar-refractivity contribution in [2.45, 2.75) is 13.5 Å². The number of nitrogens with zero attached hydrogens (tertiary/aromatic N) is 1. The first-order valence-electron chi connectivity index (χ1n) is 6.01. The monoisotopic (exact) mass is 309 g/mol. The van der Waals surface area contributed by atoms with Gasteiger partial charge in [0.15, 0.2) is 0 Å². The Kier molecular flexibility index (Phi) is 4.25. The van der Waals surface area contributed by atoms with E-state index >= 15 is 0 Å². The molecule has 0 unspecified atom stereocenters. The van der Waals surface area contributed by atoms with Gasteiger partial charge < -0.3 is 18.3 Å². The van der Waals surface area contributed by atoms with E-state index in [1.54, 1.807) is 6.92 Å². The predicted octanol–water partition coefficient (Wildman–Crippen LogP) is 2.23. The second-order valence-corrected chi connectivity index (χ2v) is 4.15. The standard InChI is InChI=1S/C13H11NO8/c1-7-9(12(15)19-2)5-8(21-7)6-20-13(16)10-3-4-11(22-10)14(17)18/h3-5H,6H2,1-2H3. The van der Waals surface area contributed by atoms with Crippen LogP contribution in [0.5, 0.6) is 0 Å². The van der Waals surface area contributed by atoms with Crippen LogP contribution in [0.4, 0.5) is 5.88 Å². The molecule has 0 bridgehead atoms. The molecule has 9 heteroatoms. The maximum Gasteiger partial charge on any atom is 0.433 e. The average Bonchev–Trinajstić information content (AvgIpc) is 3.11. The van der Waals surface area contributed by atoms with Crippen LogP contribution in [0.3, 0.4) is 0 Å². The molecule has 2 heterocycles. The van der Waals surface area contributed by atoms with E-state index in [1.165, 1.54) is 13.2 Å². The van der Waals surface area contributed by atoms with Crippen LogP contribution in [0.2, 0.25) is 0 Å². The van der Waals surface area contributed by atoms with Gasteiger partial charge in [-0.15, -0.1) is 0 Å². The van der Waals surface area contributed by atoms with Gasteiger partial charge in [0, 0.05) is 0 Å². The number of carbonyl (C=O) groups is 2. The van der Waals surface area contributed by atoms with Gasteiger partial charge >= 0.3 is 17.8 Å². The molecule has 2 aromatic heterocycles. The summed E-state index contributed by atoms with van der Waals surface area (Å²) in [7, 11) is 1.23. The number of aryl methyl sites for hydroxylation is 1. The summed E-state index contributed by atoms with van der Waals surface area (Å²) in [6.45, 7) is 1.30. The fraction of sp³-hybridized carbons (Fsp3) is 0.231. The quantitative estimate of drug-likeness (QED) is 0.468. The molecule has 0 aromatic carbocycles. The van der Waals surface area contributed by atoms with Gasteiger partial charge in [-0.2, -0.15) is 0 Å². The Morgan fingerprint density at radius 1 is 1.27 bits per heavy atom. The van der Waals surface area contributed by atoms with Crippen molar-refractivity contribution in [1.29, 1.82) is 0 Å². The maximum absolute atomic E-state index is 11.7.